The van der Waals surface area contributed by atoms with E-state index in [1.165, 1.54) is 0 Å². The lowest BCUT2D eigenvalue weighted by Crippen LogP contribution is -2.48. The second kappa shape index (κ2) is 6.24. The number of morpholine rings is 1. The second-order valence-corrected chi connectivity index (χ2v) is 5.15. The van der Waals surface area contributed by atoms with Crippen LogP contribution in [0.15, 0.2) is 24.3 Å². The Morgan fingerprint density at radius 1 is 1.30 bits per heavy atom. The summed E-state index contributed by atoms with van der Waals surface area (Å²) in [4.78, 5) is 12.3. The van der Waals surface area contributed by atoms with Gasteiger partial charge in [-0.15, -0.1) is 0 Å². The Hall–Kier alpha value is -1.59. The van der Waals surface area contributed by atoms with Gasteiger partial charge in [0.25, 0.3) is 5.91 Å². The summed E-state index contributed by atoms with van der Waals surface area (Å²) in [6.45, 7) is 2.67. The molecule has 108 valence electrons. The van der Waals surface area contributed by atoms with E-state index >= 15 is 0 Å². The van der Waals surface area contributed by atoms with Gasteiger partial charge in [0, 0.05) is 18.7 Å². The molecule has 5 nitrogen and oxygen atoms in total. The SMILES string of the molecule is O=C(NC1CCCOc2ccccc21)C1CNCCO1. The number of nitrogens with one attached hydrogen (secondary N) is 2. The van der Waals surface area contributed by atoms with Crippen LogP contribution < -0.4 is 15.4 Å². The molecule has 1 saturated heterocycles. The highest BCUT2D eigenvalue weighted by molar-refractivity contribution is 5.81. The summed E-state index contributed by atoms with van der Waals surface area (Å²) in [7, 11) is 0. The van der Waals surface area contributed by atoms with E-state index in [1.807, 2.05) is 24.3 Å². The molecule has 1 aromatic carbocycles. The summed E-state index contributed by atoms with van der Waals surface area (Å²) in [6.07, 6.45) is 1.44. The molecule has 0 bridgehead atoms. The molecule has 2 unspecified atom stereocenters. The van der Waals surface area contributed by atoms with E-state index in [9.17, 15) is 4.79 Å². The summed E-state index contributed by atoms with van der Waals surface area (Å²) < 4.78 is 11.2. The van der Waals surface area contributed by atoms with E-state index in [1.54, 1.807) is 0 Å². The van der Waals surface area contributed by atoms with Crippen molar-refractivity contribution in [2.75, 3.05) is 26.3 Å². The van der Waals surface area contributed by atoms with Gasteiger partial charge in [0.1, 0.15) is 11.9 Å². The molecule has 2 aliphatic rings. The summed E-state index contributed by atoms with van der Waals surface area (Å²) in [6, 6.07) is 7.92. The van der Waals surface area contributed by atoms with Crippen LogP contribution in [0, 0.1) is 0 Å². The smallest absolute Gasteiger partial charge is 0.250 e. The van der Waals surface area contributed by atoms with E-state index in [0.717, 1.165) is 30.7 Å². The van der Waals surface area contributed by atoms with E-state index in [-0.39, 0.29) is 18.1 Å². The monoisotopic (exact) mass is 276 g/mol. The van der Waals surface area contributed by atoms with Gasteiger partial charge in [-0.05, 0) is 18.9 Å². The largest absolute Gasteiger partial charge is 0.493 e. The molecule has 0 spiro atoms. The van der Waals surface area contributed by atoms with Gasteiger partial charge >= 0.3 is 0 Å². The Morgan fingerprint density at radius 2 is 2.20 bits per heavy atom. The van der Waals surface area contributed by atoms with Crippen molar-refractivity contribution in [2.24, 2.45) is 0 Å². The first-order valence-electron chi connectivity index (χ1n) is 7.19. The lowest BCUT2D eigenvalue weighted by atomic mass is 10.0. The lowest BCUT2D eigenvalue weighted by Gasteiger charge is -2.25. The number of carbonyl (C=O) groups is 1. The van der Waals surface area contributed by atoms with Crippen LogP contribution in [0.25, 0.3) is 0 Å². The topological polar surface area (TPSA) is 59.6 Å². The molecular weight excluding hydrogens is 256 g/mol. The number of amides is 1. The van der Waals surface area contributed by atoms with Crippen molar-refractivity contribution >= 4 is 5.91 Å². The predicted molar refractivity (Wildman–Crippen MR) is 74.7 cm³/mol. The maximum atomic E-state index is 12.3. The molecule has 5 heteroatoms. The van der Waals surface area contributed by atoms with Gasteiger partial charge in [-0.25, -0.2) is 0 Å². The molecule has 2 aliphatic heterocycles. The van der Waals surface area contributed by atoms with E-state index in [0.29, 0.717) is 19.8 Å². The molecule has 2 heterocycles. The average Bonchev–Trinajstić information content (AvgIpc) is 2.71. The van der Waals surface area contributed by atoms with Crippen LogP contribution in [-0.4, -0.2) is 38.3 Å². The minimum absolute atomic E-state index is 0.00623. The van der Waals surface area contributed by atoms with E-state index in [4.69, 9.17) is 9.47 Å². The summed E-state index contributed by atoms with van der Waals surface area (Å²) in [5.74, 6) is 0.830. The number of para-hydroxylation sites is 1. The average molecular weight is 276 g/mol. The van der Waals surface area contributed by atoms with Gasteiger partial charge < -0.3 is 20.1 Å². The number of hydrogen-bond donors (Lipinski definition) is 2. The van der Waals surface area contributed by atoms with Crippen molar-refractivity contribution in [3.8, 4) is 5.75 Å². The van der Waals surface area contributed by atoms with Crippen molar-refractivity contribution in [1.29, 1.82) is 0 Å². The molecule has 20 heavy (non-hydrogen) atoms. The minimum atomic E-state index is -0.389. The quantitative estimate of drug-likeness (QED) is 0.846. The Labute approximate surface area is 118 Å². The van der Waals surface area contributed by atoms with Gasteiger partial charge in [0.05, 0.1) is 19.3 Å². The zero-order valence-electron chi connectivity index (χ0n) is 11.4. The fourth-order valence-corrected chi connectivity index (χ4v) is 2.67. The van der Waals surface area contributed by atoms with Crippen molar-refractivity contribution in [3.05, 3.63) is 29.8 Å². The van der Waals surface area contributed by atoms with Crippen LogP contribution in [0.4, 0.5) is 0 Å². The Bertz CT molecular complexity index is 472. The Kier molecular flexibility index (Phi) is 4.18. The van der Waals surface area contributed by atoms with Gasteiger partial charge in [0.15, 0.2) is 0 Å². The zero-order valence-corrected chi connectivity index (χ0v) is 11.4. The van der Waals surface area contributed by atoms with E-state index in [2.05, 4.69) is 10.6 Å². The number of benzene rings is 1. The van der Waals surface area contributed by atoms with Crippen molar-refractivity contribution < 1.29 is 14.3 Å². The highest BCUT2D eigenvalue weighted by Crippen LogP contribution is 2.31. The molecular formula is C15H20N2O3. The van der Waals surface area contributed by atoms with Gasteiger partial charge in [-0.3, -0.25) is 4.79 Å². The van der Waals surface area contributed by atoms with Crippen molar-refractivity contribution in [3.63, 3.8) is 0 Å². The first kappa shape index (κ1) is 13.4. The van der Waals surface area contributed by atoms with Crippen LogP contribution in [0.1, 0.15) is 24.4 Å². The Balaban J connectivity index is 1.71. The molecule has 2 atom stereocenters. The molecule has 0 aliphatic carbocycles. The van der Waals surface area contributed by atoms with Gasteiger partial charge in [-0.2, -0.15) is 0 Å². The number of hydrogen-bond acceptors (Lipinski definition) is 4. The zero-order chi connectivity index (χ0) is 13.8. The number of fused-ring (bicyclic) bond motifs is 1. The van der Waals surface area contributed by atoms with Crippen LogP contribution >= 0.6 is 0 Å². The number of rotatable bonds is 2. The standard InChI is InChI=1S/C15H20N2O3/c18-15(14-10-16-7-9-20-14)17-12-5-3-8-19-13-6-2-1-4-11(12)13/h1-2,4,6,12,14,16H,3,5,7-10H2,(H,17,18). The summed E-state index contributed by atoms with van der Waals surface area (Å²) in [5.41, 5.74) is 1.06. The molecule has 0 saturated carbocycles. The number of carbonyl (C=O) groups excluding carboxylic acids is 1. The summed E-state index contributed by atoms with van der Waals surface area (Å²) in [5, 5.41) is 6.27. The molecule has 1 amide bonds. The fraction of sp³-hybridized carbons (Fsp3) is 0.533. The third-order valence-electron chi connectivity index (χ3n) is 3.73. The molecule has 1 fully saturated rings. The number of ether oxygens (including phenoxy) is 2. The molecule has 0 aromatic heterocycles. The molecule has 0 radical (unpaired) electrons. The maximum absolute atomic E-state index is 12.3. The third-order valence-corrected chi connectivity index (χ3v) is 3.73. The van der Waals surface area contributed by atoms with Gasteiger partial charge in [0.2, 0.25) is 0 Å². The van der Waals surface area contributed by atoms with Gasteiger partial charge in [-0.1, -0.05) is 18.2 Å². The predicted octanol–water partition coefficient (Wildman–Crippen LogP) is 1.00. The molecule has 3 rings (SSSR count). The first-order valence-corrected chi connectivity index (χ1v) is 7.19. The van der Waals surface area contributed by atoms with Crippen LogP contribution in [0.3, 0.4) is 0 Å². The van der Waals surface area contributed by atoms with Crippen LogP contribution in [0.2, 0.25) is 0 Å². The van der Waals surface area contributed by atoms with Crippen molar-refractivity contribution in [2.45, 2.75) is 25.0 Å². The third kappa shape index (κ3) is 2.94. The Morgan fingerprint density at radius 3 is 3.05 bits per heavy atom. The summed E-state index contributed by atoms with van der Waals surface area (Å²) >= 11 is 0. The maximum Gasteiger partial charge on any atom is 0.250 e. The fourth-order valence-electron chi connectivity index (χ4n) is 2.67. The second-order valence-electron chi connectivity index (χ2n) is 5.15. The van der Waals surface area contributed by atoms with Crippen molar-refractivity contribution in [1.82, 2.24) is 10.6 Å². The normalized spacial score (nSPS) is 26.0. The molecule has 1 aromatic rings. The lowest BCUT2D eigenvalue weighted by molar-refractivity contribution is -0.135. The first-order chi connectivity index (χ1) is 9.84. The minimum Gasteiger partial charge on any atom is -0.493 e. The highest BCUT2D eigenvalue weighted by atomic mass is 16.5. The molecule has 2 N–H and O–H groups in total. The van der Waals surface area contributed by atoms with Crippen LogP contribution in [-0.2, 0) is 9.53 Å². The van der Waals surface area contributed by atoms with E-state index < -0.39 is 0 Å². The van der Waals surface area contributed by atoms with Crippen LogP contribution in [0.5, 0.6) is 5.75 Å². The highest BCUT2D eigenvalue weighted by Gasteiger charge is 2.26.